The summed E-state index contributed by atoms with van der Waals surface area (Å²) in [5.41, 5.74) is 1.22. The number of amides is 2. The Labute approximate surface area is 230 Å². The Kier molecular flexibility index (Phi) is 7.98. The van der Waals surface area contributed by atoms with Crippen LogP contribution in [0.2, 0.25) is 10.0 Å². The van der Waals surface area contributed by atoms with Crippen molar-refractivity contribution in [1.82, 2.24) is 15.1 Å². The van der Waals surface area contributed by atoms with Crippen LogP contribution in [0.3, 0.4) is 0 Å². The molecule has 0 spiro atoms. The van der Waals surface area contributed by atoms with E-state index in [0.29, 0.717) is 36.9 Å². The Balaban J connectivity index is 1.20. The predicted octanol–water partition coefficient (Wildman–Crippen LogP) is 5.84. The zero-order chi connectivity index (χ0) is 26.8. The fraction of sp³-hybridized carbons (Fsp3) is 0.310. The fourth-order valence-electron chi connectivity index (χ4n) is 5.50. The largest absolute Gasteiger partial charge is 0.345 e. The van der Waals surface area contributed by atoms with E-state index in [-0.39, 0.29) is 33.5 Å². The molecule has 2 unspecified atom stereocenters. The van der Waals surface area contributed by atoms with E-state index >= 15 is 0 Å². The molecule has 2 heterocycles. The number of hydrogen-bond donors (Lipinski definition) is 1. The molecule has 2 aliphatic rings. The van der Waals surface area contributed by atoms with Crippen LogP contribution in [-0.4, -0.2) is 54.3 Å². The number of hydrogen-bond acceptors (Lipinski definition) is 3. The second kappa shape index (κ2) is 11.4. The van der Waals surface area contributed by atoms with Gasteiger partial charge in [0.2, 0.25) is 0 Å². The molecule has 2 saturated heterocycles. The summed E-state index contributed by atoms with van der Waals surface area (Å²) in [6.07, 6.45) is 0.678. The van der Waals surface area contributed by atoms with E-state index in [1.54, 1.807) is 4.90 Å². The third-order valence-corrected chi connectivity index (χ3v) is 8.05. The number of rotatable bonds is 7. The third kappa shape index (κ3) is 5.70. The monoisotopic (exact) mass is 557 g/mol. The van der Waals surface area contributed by atoms with Gasteiger partial charge in [-0.2, -0.15) is 0 Å². The quantitative estimate of drug-likeness (QED) is 0.397. The van der Waals surface area contributed by atoms with Crippen molar-refractivity contribution in [2.24, 2.45) is 11.8 Å². The fourth-order valence-corrected chi connectivity index (χ4v) is 5.92. The highest BCUT2D eigenvalue weighted by Gasteiger charge is 2.42. The maximum Gasteiger partial charge on any atom is 0.258 e. The molecule has 0 saturated carbocycles. The minimum absolute atomic E-state index is 0.0603. The van der Waals surface area contributed by atoms with Crippen molar-refractivity contribution in [2.45, 2.75) is 12.5 Å². The SMILES string of the molecule is O=C(N[C@@H](CCN1CC2CN(C(=O)c3c(F)cccc3Cl)CC2C1)c1ccccc1)c1ccc(F)c(Cl)c1. The maximum absolute atomic E-state index is 14.3. The maximum atomic E-state index is 14.3. The van der Waals surface area contributed by atoms with Gasteiger partial charge in [0.05, 0.1) is 21.7 Å². The Morgan fingerprint density at radius 3 is 2.24 bits per heavy atom. The number of carbonyl (C=O) groups is 2. The summed E-state index contributed by atoms with van der Waals surface area (Å²) >= 11 is 12.0. The summed E-state index contributed by atoms with van der Waals surface area (Å²) in [5, 5.41) is 3.11. The molecule has 3 atom stereocenters. The Morgan fingerprint density at radius 2 is 1.58 bits per heavy atom. The lowest BCUT2D eigenvalue weighted by atomic mass is 10.0. The second-order valence-corrected chi connectivity index (χ2v) is 10.8. The lowest BCUT2D eigenvalue weighted by Crippen LogP contribution is -2.35. The van der Waals surface area contributed by atoms with Crippen LogP contribution >= 0.6 is 23.2 Å². The molecule has 3 aromatic carbocycles. The lowest BCUT2D eigenvalue weighted by Gasteiger charge is -2.25. The highest BCUT2D eigenvalue weighted by atomic mass is 35.5. The van der Waals surface area contributed by atoms with Crippen LogP contribution in [0.4, 0.5) is 8.78 Å². The molecule has 2 fully saturated rings. The van der Waals surface area contributed by atoms with E-state index in [2.05, 4.69) is 10.2 Å². The summed E-state index contributed by atoms with van der Waals surface area (Å²) in [5.74, 6) is -1.24. The molecular weight excluding hydrogens is 531 g/mol. The minimum Gasteiger partial charge on any atom is -0.345 e. The topological polar surface area (TPSA) is 52.7 Å². The number of benzene rings is 3. The number of nitrogens with zero attached hydrogens (tertiary/aromatic N) is 2. The third-order valence-electron chi connectivity index (χ3n) is 7.45. The van der Waals surface area contributed by atoms with Crippen molar-refractivity contribution in [1.29, 1.82) is 0 Å². The Bertz CT molecular complexity index is 1310. The van der Waals surface area contributed by atoms with Crippen LogP contribution in [0.15, 0.2) is 66.7 Å². The first-order valence-corrected chi connectivity index (χ1v) is 13.3. The molecule has 198 valence electrons. The van der Waals surface area contributed by atoms with E-state index in [1.165, 1.54) is 36.4 Å². The van der Waals surface area contributed by atoms with Gasteiger partial charge in [-0.25, -0.2) is 8.78 Å². The van der Waals surface area contributed by atoms with Gasteiger partial charge in [0.1, 0.15) is 11.6 Å². The van der Waals surface area contributed by atoms with Crippen LogP contribution in [0.5, 0.6) is 0 Å². The molecule has 38 heavy (non-hydrogen) atoms. The second-order valence-electron chi connectivity index (χ2n) is 9.94. The van der Waals surface area contributed by atoms with Gasteiger partial charge >= 0.3 is 0 Å². The van der Waals surface area contributed by atoms with Gasteiger partial charge in [0.25, 0.3) is 11.8 Å². The molecule has 0 aromatic heterocycles. The highest BCUT2D eigenvalue weighted by molar-refractivity contribution is 6.33. The lowest BCUT2D eigenvalue weighted by molar-refractivity contribution is 0.0769. The van der Waals surface area contributed by atoms with Gasteiger partial charge in [-0.05, 0) is 54.2 Å². The van der Waals surface area contributed by atoms with Gasteiger partial charge in [-0.3, -0.25) is 9.59 Å². The van der Waals surface area contributed by atoms with Crippen molar-refractivity contribution < 1.29 is 18.4 Å². The first-order chi connectivity index (χ1) is 18.3. The molecule has 5 rings (SSSR count). The highest BCUT2D eigenvalue weighted by Crippen LogP contribution is 2.34. The normalized spacial score (nSPS) is 19.8. The molecule has 3 aromatic rings. The van der Waals surface area contributed by atoms with Gasteiger partial charge in [-0.15, -0.1) is 0 Å². The zero-order valence-corrected chi connectivity index (χ0v) is 22.1. The summed E-state index contributed by atoms with van der Waals surface area (Å²) < 4.78 is 27.8. The van der Waals surface area contributed by atoms with E-state index in [4.69, 9.17) is 23.2 Å². The van der Waals surface area contributed by atoms with E-state index < -0.39 is 11.6 Å². The molecule has 2 aliphatic heterocycles. The van der Waals surface area contributed by atoms with Gasteiger partial charge in [0.15, 0.2) is 0 Å². The van der Waals surface area contributed by atoms with Crippen molar-refractivity contribution in [3.63, 3.8) is 0 Å². The van der Waals surface area contributed by atoms with E-state index in [9.17, 15) is 18.4 Å². The minimum atomic E-state index is -0.599. The molecule has 9 heteroatoms. The number of carbonyl (C=O) groups excluding carboxylic acids is 2. The summed E-state index contributed by atoms with van der Waals surface area (Å²) in [4.78, 5) is 29.9. The van der Waals surface area contributed by atoms with Crippen molar-refractivity contribution in [3.8, 4) is 0 Å². The van der Waals surface area contributed by atoms with Gasteiger partial charge in [-0.1, -0.05) is 59.6 Å². The number of halogens is 4. The summed E-state index contributed by atoms with van der Waals surface area (Å²) in [7, 11) is 0. The number of nitrogens with one attached hydrogen (secondary N) is 1. The summed E-state index contributed by atoms with van der Waals surface area (Å²) in [6.45, 7) is 3.53. The average Bonchev–Trinajstić information content (AvgIpc) is 3.47. The van der Waals surface area contributed by atoms with Crippen LogP contribution < -0.4 is 5.32 Å². The Morgan fingerprint density at radius 1 is 0.868 bits per heavy atom. The number of likely N-dealkylation sites (tertiary alicyclic amines) is 2. The smallest absolute Gasteiger partial charge is 0.258 e. The standard InChI is InChI=1S/C29H27Cl2F2N3O2/c30-22-7-4-8-25(33)27(22)29(38)36-16-20-14-35(15-21(20)17-36)12-11-26(18-5-2-1-3-6-18)34-28(37)19-9-10-24(32)23(31)13-19/h1-10,13,20-21,26H,11-12,14-17H2,(H,34,37)/t20?,21?,26-/m0/s1. The molecular formula is C29H27Cl2F2N3O2. The van der Waals surface area contributed by atoms with Crippen LogP contribution in [0.25, 0.3) is 0 Å². The molecule has 5 nitrogen and oxygen atoms in total. The van der Waals surface area contributed by atoms with Crippen LogP contribution in [0, 0.1) is 23.5 Å². The first-order valence-electron chi connectivity index (χ1n) is 12.6. The molecule has 0 radical (unpaired) electrons. The van der Waals surface area contributed by atoms with Crippen LogP contribution in [-0.2, 0) is 0 Å². The molecule has 0 bridgehead atoms. The zero-order valence-electron chi connectivity index (χ0n) is 20.5. The van der Waals surface area contributed by atoms with Gasteiger partial charge in [0, 0.05) is 38.3 Å². The summed E-state index contributed by atoms with van der Waals surface area (Å²) in [6, 6.07) is 17.7. The average molecular weight is 558 g/mol. The van der Waals surface area contributed by atoms with E-state index in [1.807, 2.05) is 30.3 Å². The predicted molar refractivity (Wildman–Crippen MR) is 143 cm³/mol. The molecule has 1 N–H and O–H groups in total. The first kappa shape index (κ1) is 26.6. The molecule has 0 aliphatic carbocycles. The van der Waals surface area contributed by atoms with Crippen molar-refractivity contribution >= 4 is 35.0 Å². The van der Waals surface area contributed by atoms with Gasteiger partial charge < -0.3 is 15.1 Å². The van der Waals surface area contributed by atoms with E-state index in [0.717, 1.165) is 25.2 Å². The van der Waals surface area contributed by atoms with Crippen LogP contribution in [0.1, 0.15) is 38.7 Å². The van der Waals surface area contributed by atoms with Crippen molar-refractivity contribution in [3.05, 3.63) is 105 Å². The van der Waals surface area contributed by atoms with Crippen molar-refractivity contribution in [2.75, 3.05) is 32.7 Å². The molecule has 2 amide bonds. The number of fused-ring (bicyclic) bond motifs is 1. The Hall–Kier alpha value is -3.00.